The van der Waals surface area contributed by atoms with Crippen LogP contribution in [0.4, 0.5) is 0 Å². The van der Waals surface area contributed by atoms with E-state index in [-0.39, 0.29) is 144 Å². The summed E-state index contributed by atoms with van der Waals surface area (Å²) in [5.74, 6) is -3.59. The van der Waals surface area contributed by atoms with Gasteiger partial charge in [-0.15, -0.1) is 0 Å². The van der Waals surface area contributed by atoms with E-state index in [0.29, 0.717) is 62.7 Å². The lowest BCUT2D eigenvalue weighted by atomic mass is 9.69. The molecule has 468 valence electrons. The number of esters is 10. The van der Waals surface area contributed by atoms with Gasteiger partial charge in [-0.25, -0.2) is 9.59 Å². The van der Waals surface area contributed by atoms with Crippen LogP contribution in [0.3, 0.4) is 0 Å². The van der Waals surface area contributed by atoms with Gasteiger partial charge in [-0.2, -0.15) is 0 Å². The van der Waals surface area contributed by atoms with Crippen LogP contribution < -0.4 is 14.2 Å². The molecule has 0 aliphatic heterocycles. The van der Waals surface area contributed by atoms with Crippen molar-refractivity contribution in [1.82, 2.24) is 0 Å². The third-order valence-corrected chi connectivity index (χ3v) is 15.6. The fourth-order valence-corrected chi connectivity index (χ4v) is 10.8. The summed E-state index contributed by atoms with van der Waals surface area (Å²) in [6.45, 7) is 15.4. The molecule has 0 N–H and O–H groups in total. The van der Waals surface area contributed by atoms with Gasteiger partial charge in [0.2, 0.25) is 0 Å². The maximum Gasteiger partial charge on any atom is 0.330 e. The standard InChI is InChI=1S/C63H90O21/c1-9-12-42(43-13-19-46(20-14-43)59(71)77-35-33-75-54(66)29-31-56(68)81-40-62(4,5)38-79-52(64)10-2)25-28-58(70)83-49-26-27-50(51(37-49)74-8)84-61(73)48-23-17-45(18-24-48)44-15-21-47(22-16-44)60(72)78-36-34-76-55(67)30-32-57(69)82-41-63(6,7)39-80-53(65)11-3/h10-11,26-27,37,42-48H,2-3,9,12-25,28-36,38-41H2,1,4-8H3. The van der Waals surface area contributed by atoms with Gasteiger partial charge < -0.3 is 52.1 Å². The molecular formula is C63H90O21. The van der Waals surface area contributed by atoms with Gasteiger partial charge in [-0.1, -0.05) is 60.6 Å². The zero-order chi connectivity index (χ0) is 61.7. The lowest BCUT2D eigenvalue weighted by molar-refractivity contribution is -0.158. The van der Waals surface area contributed by atoms with Gasteiger partial charge in [-0.05, 0) is 119 Å². The van der Waals surface area contributed by atoms with Crippen molar-refractivity contribution in [1.29, 1.82) is 0 Å². The van der Waals surface area contributed by atoms with Crippen LogP contribution in [0.15, 0.2) is 43.5 Å². The summed E-state index contributed by atoms with van der Waals surface area (Å²) in [7, 11) is 1.45. The average Bonchev–Trinajstić information content (AvgIpc) is 3.64. The molecule has 0 aromatic heterocycles. The van der Waals surface area contributed by atoms with Crippen molar-refractivity contribution in [3.63, 3.8) is 0 Å². The molecular weight excluding hydrogens is 1090 g/mol. The minimum absolute atomic E-state index is 0.00837. The van der Waals surface area contributed by atoms with E-state index in [1.807, 2.05) is 0 Å². The van der Waals surface area contributed by atoms with E-state index < -0.39 is 52.6 Å². The Bertz CT molecular complexity index is 2370. The molecule has 21 heteroatoms. The summed E-state index contributed by atoms with van der Waals surface area (Å²) >= 11 is 0. The van der Waals surface area contributed by atoms with E-state index in [1.54, 1.807) is 39.8 Å². The maximum absolute atomic E-state index is 13.4. The Balaban J connectivity index is 1.06. The Morgan fingerprint density at radius 3 is 1.31 bits per heavy atom. The van der Waals surface area contributed by atoms with Crippen LogP contribution in [0.25, 0.3) is 0 Å². The molecule has 1 unspecified atom stereocenters. The Kier molecular flexibility index (Phi) is 30.0. The van der Waals surface area contributed by atoms with Gasteiger partial charge >= 0.3 is 59.7 Å². The molecule has 0 radical (unpaired) electrons. The van der Waals surface area contributed by atoms with Crippen LogP contribution in [0.5, 0.6) is 17.2 Å². The molecule has 1 aromatic carbocycles. The highest BCUT2D eigenvalue weighted by molar-refractivity contribution is 5.82. The minimum Gasteiger partial charge on any atom is -0.493 e. The second-order valence-corrected chi connectivity index (χ2v) is 23.7. The normalized spacial score (nSPS) is 20.0. The lowest BCUT2D eigenvalue weighted by Gasteiger charge is -2.36. The molecule has 3 aliphatic rings. The summed E-state index contributed by atoms with van der Waals surface area (Å²) in [4.78, 5) is 124. The molecule has 0 heterocycles. The van der Waals surface area contributed by atoms with Crippen LogP contribution in [-0.2, 0) is 85.8 Å². The molecule has 3 aliphatic carbocycles. The first-order chi connectivity index (χ1) is 40.0. The van der Waals surface area contributed by atoms with Crippen LogP contribution in [0.1, 0.15) is 163 Å². The second kappa shape index (κ2) is 36.1. The predicted octanol–water partition coefficient (Wildman–Crippen LogP) is 9.45. The number of methoxy groups -OCH3 is 1. The molecule has 21 nitrogen and oxygen atoms in total. The highest BCUT2D eigenvalue weighted by Crippen LogP contribution is 2.43. The number of hydrogen-bond acceptors (Lipinski definition) is 21. The smallest absolute Gasteiger partial charge is 0.330 e. The number of carbonyl (C=O) groups is 10. The molecule has 0 saturated heterocycles. The minimum atomic E-state index is -0.628. The summed E-state index contributed by atoms with van der Waals surface area (Å²) in [6.07, 6.45) is 13.1. The fraction of sp³-hybridized carbons (Fsp3) is 0.683. The SMILES string of the molecule is C=CC(=O)OCC(C)(C)COC(=O)CCC(=O)OCCOC(=O)C1CCC(C(CCC)CCC(=O)Oc2ccc(OC(=O)C3CCC(C4CCC(C(=O)OCCOC(=O)CCC(=O)OCC(C)(C)COC(=O)C=C)CC4)CC3)c(OC)c2)CC1. The monoisotopic (exact) mass is 1180 g/mol. The van der Waals surface area contributed by atoms with Gasteiger partial charge in [0.1, 0.15) is 32.2 Å². The molecule has 1 atom stereocenters. The largest absolute Gasteiger partial charge is 0.493 e. The third kappa shape index (κ3) is 26.0. The zero-order valence-electron chi connectivity index (χ0n) is 50.2. The van der Waals surface area contributed by atoms with Crippen molar-refractivity contribution in [3.8, 4) is 17.2 Å². The first-order valence-electron chi connectivity index (χ1n) is 29.7. The number of carbonyl (C=O) groups excluding carboxylic acids is 10. The Hall–Kier alpha value is -6.80. The highest BCUT2D eigenvalue weighted by Gasteiger charge is 2.37. The Labute approximate surface area is 494 Å². The number of rotatable bonds is 35. The van der Waals surface area contributed by atoms with Gasteiger partial charge in [0.15, 0.2) is 11.5 Å². The van der Waals surface area contributed by atoms with Gasteiger partial charge in [-0.3, -0.25) is 38.4 Å². The van der Waals surface area contributed by atoms with Crippen LogP contribution in [-0.4, -0.2) is 120 Å². The van der Waals surface area contributed by atoms with E-state index in [2.05, 4.69) is 20.1 Å². The first-order valence-corrected chi connectivity index (χ1v) is 29.7. The Morgan fingerprint density at radius 2 is 0.881 bits per heavy atom. The molecule has 3 saturated carbocycles. The molecule has 84 heavy (non-hydrogen) atoms. The average molecular weight is 1180 g/mol. The quantitative estimate of drug-likeness (QED) is 0.0201. The summed E-state index contributed by atoms with van der Waals surface area (Å²) < 4.78 is 58.7. The number of benzene rings is 1. The van der Waals surface area contributed by atoms with E-state index in [4.69, 9.17) is 52.1 Å². The van der Waals surface area contributed by atoms with E-state index >= 15 is 0 Å². The molecule has 1 aromatic rings. The van der Waals surface area contributed by atoms with Crippen molar-refractivity contribution in [2.24, 2.45) is 52.3 Å². The van der Waals surface area contributed by atoms with Crippen molar-refractivity contribution in [3.05, 3.63) is 43.5 Å². The second-order valence-electron chi connectivity index (χ2n) is 23.7. The van der Waals surface area contributed by atoms with Gasteiger partial charge in [0.05, 0.1) is 77.0 Å². The van der Waals surface area contributed by atoms with Crippen LogP contribution in [0.2, 0.25) is 0 Å². The number of hydrogen-bond donors (Lipinski definition) is 0. The first kappa shape index (κ1) is 69.7. The van der Waals surface area contributed by atoms with Crippen LogP contribution >= 0.6 is 0 Å². The fourth-order valence-electron chi connectivity index (χ4n) is 10.8. The molecule has 3 fully saturated rings. The van der Waals surface area contributed by atoms with Crippen LogP contribution in [0, 0.1) is 52.3 Å². The molecule has 0 amide bonds. The number of ether oxygens (including phenoxy) is 11. The molecule has 4 rings (SSSR count). The lowest BCUT2D eigenvalue weighted by Crippen LogP contribution is -2.31. The molecule has 0 bridgehead atoms. The highest BCUT2D eigenvalue weighted by atomic mass is 16.6. The van der Waals surface area contributed by atoms with Crippen molar-refractivity contribution < 1.29 is 100 Å². The van der Waals surface area contributed by atoms with E-state index in [1.165, 1.54) is 13.2 Å². The summed E-state index contributed by atoms with van der Waals surface area (Å²) in [6, 6.07) is 4.69. The predicted molar refractivity (Wildman–Crippen MR) is 302 cm³/mol. The van der Waals surface area contributed by atoms with Gasteiger partial charge in [0.25, 0.3) is 0 Å². The van der Waals surface area contributed by atoms with E-state index in [9.17, 15) is 47.9 Å². The van der Waals surface area contributed by atoms with Crippen molar-refractivity contribution >= 4 is 59.7 Å². The van der Waals surface area contributed by atoms with Crippen molar-refractivity contribution in [2.75, 3.05) is 60.0 Å². The summed E-state index contributed by atoms with van der Waals surface area (Å²) in [5, 5.41) is 0. The maximum atomic E-state index is 13.4. The summed E-state index contributed by atoms with van der Waals surface area (Å²) in [5.41, 5.74) is -1.25. The molecule has 0 spiro atoms. The topological polar surface area (TPSA) is 272 Å². The van der Waals surface area contributed by atoms with E-state index in [0.717, 1.165) is 63.5 Å². The third-order valence-electron chi connectivity index (χ3n) is 15.6. The van der Waals surface area contributed by atoms with Gasteiger partial charge in [0, 0.05) is 35.5 Å². The van der Waals surface area contributed by atoms with Crippen molar-refractivity contribution in [2.45, 2.75) is 163 Å². The zero-order valence-corrected chi connectivity index (χ0v) is 50.2. The Morgan fingerprint density at radius 1 is 0.476 bits per heavy atom.